The van der Waals surface area contributed by atoms with Gasteiger partial charge in [-0.25, -0.2) is 0 Å². The number of ether oxygens (including phenoxy) is 1. The van der Waals surface area contributed by atoms with Crippen molar-refractivity contribution in [3.63, 3.8) is 0 Å². The van der Waals surface area contributed by atoms with E-state index in [1.165, 1.54) is 11.1 Å². The number of fused-ring (bicyclic) bond motifs is 1. The topological polar surface area (TPSA) is 41.7 Å². The van der Waals surface area contributed by atoms with Crippen LogP contribution in [0.5, 0.6) is 5.75 Å². The van der Waals surface area contributed by atoms with Crippen LogP contribution in [-0.4, -0.2) is 43.2 Å². The lowest BCUT2D eigenvalue weighted by molar-refractivity contribution is 0.242. The van der Waals surface area contributed by atoms with E-state index in [9.17, 15) is 0 Å². The van der Waals surface area contributed by atoms with Gasteiger partial charge in [-0.05, 0) is 25.1 Å². The highest BCUT2D eigenvalue weighted by Crippen LogP contribution is 2.25. The Labute approximate surface area is 147 Å². The SMILES string of the molecule is COc1ccc(C)cc1CN1CCN(c2nc3ccccc3o2)CC1. The second-order valence-electron chi connectivity index (χ2n) is 6.54. The van der Waals surface area contributed by atoms with Crippen LogP contribution in [0.25, 0.3) is 11.1 Å². The molecule has 25 heavy (non-hydrogen) atoms. The van der Waals surface area contributed by atoms with Gasteiger partial charge in [-0.1, -0.05) is 29.8 Å². The fraction of sp³-hybridized carbons (Fsp3) is 0.350. The molecule has 0 N–H and O–H groups in total. The predicted molar refractivity (Wildman–Crippen MR) is 99.2 cm³/mol. The van der Waals surface area contributed by atoms with E-state index < -0.39 is 0 Å². The average molecular weight is 337 g/mol. The van der Waals surface area contributed by atoms with E-state index in [4.69, 9.17) is 9.15 Å². The zero-order valence-electron chi connectivity index (χ0n) is 14.7. The summed E-state index contributed by atoms with van der Waals surface area (Å²) in [6.07, 6.45) is 0. The van der Waals surface area contributed by atoms with Crippen LogP contribution in [0, 0.1) is 6.92 Å². The molecular formula is C20H23N3O2. The maximum Gasteiger partial charge on any atom is 0.298 e. The van der Waals surface area contributed by atoms with Crippen molar-refractivity contribution in [2.24, 2.45) is 0 Å². The lowest BCUT2D eigenvalue weighted by atomic mass is 10.1. The van der Waals surface area contributed by atoms with Crippen molar-refractivity contribution in [2.45, 2.75) is 13.5 Å². The maximum absolute atomic E-state index is 5.89. The van der Waals surface area contributed by atoms with Gasteiger partial charge in [0.25, 0.3) is 6.01 Å². The molecule has 0 atom stereocenters. The van der Waals surface area contributed by atoms with Gasteiger partial charge < -0.3 is 14.1 Å². The lowest BCUT2D eigenvalue weighted by Gasteiger charge is -2.34. The van der Waals surface area contributed by atoms with E-state index in [1.807, 2.05) is 24.3 Å². The van der Waals surface area contributed by atoms with E-state index in [2.05, 4.69) is 39.9 Å². The Hall–Kier alpha value is -2.53. The van der Waals surface area contributed by atoms with Gasteiger partial charge in [0.15, 0.2) is 5.58 Å². The number of hydrogen-bond donors (Lipinski definition) is 0. The number of benzene rings is 2. The van der Waals surface area contributed by atoms with Crippen LogP contribution < -0.4 is 9.64 Å². The van der Waals surface area contributed by atoms with Crippen LogP contribution in [-0.2, 0) is 6.54 Å². The third kappa shape index (κ3) is 3.33. The van der Waals surface area contributed by atoms with Crippen molar-refractivity contribution < 1.29 is 9.15 Å². The number of rotatable bonds is 4. The third-order valence-corrected chi connectivity index (χ3v) is 4.76. The summed E-state index contributed by atoms with van der Waals surface area (Å²) < 4.78 is 11.4. The molecule has 1 aliphatic heterocycles. The van der Waals surface area contributed by atoms with E-state index >= 15 is 0 Å². The summed E-state index contributed by atoms with van der Waals surface area (Å²) in [4.78, 5) is 9.29. The highest BCUT2D eigenvalue weighted by Gasteiger charge is 2.21. The van der Waals surface area contributed by atoms with Gasteiger partial charge in [0.05, 0.1) is 7.11 Å². The number of aromatic nitrogens is 1. The van der Waals surface area contributed by atoms with Crippen molar-refractivity contribution in [1.29, 1.82) is 0 Å². The second-order valence-corrected chi connectivity index (χ2v) is 6.54. The van der Waals surface area contributed by atoms with Crippen LogP contribution >= 0.6 is 0 Å². The molecule has 0 saturated carbocycles. The normalized spacial score (nSPS) is 15.7. The zero-order chi connectivity index (χ0) is 17.2. The van der Waals surface area contributed by atoms with Crippen molar-refractivity contribution in [2.75, 3.05) is 38.2 Å². The van der Waals surface area contributed by atoms with Crippen LogP contribution in [0.2, 0.25) is 0 Å². The minimum absolute atomic E-state index is 0.731. The molecule has 4 rings (SSSR count). The molecule has 1 aromatic heterocycles. The van der Waals surface area contributed by atoms with Gasteiger partial charge in [-0.2, -0.15) is 4.98 Å². The minimum Gasteiger partial charge on any atom is -0.496 e. The van der Waals surface area contributed by atoms with Crippen LogP contribution in [0.3, 0.4) is 0 Å². The average Bonchev–Trinajstić information content (AvgIpc) is 3.07. The summed E-state index contributed by atoms with van der Waals surface area (Å²) in [6.45, 7) is 6.83. The number of piperazine rings is 1. The fourth-order valence-corrected chi connectivity index (χ4v) is 3.36. The van der Waals surface area contributed by atoms with E-state index in [0.717, 1.165) is 55.6 Å². The number of anilines is 1. The summed E-state index contributed by atoms with van der Waals surface area (Å²) >= 11 is 0. The first-order valence-corrected chi connectivity index (χ1v) is 8.69. The minimum atomic E-state index is 0.731. The second kappa shape index (κ2) is 6.76. The molecule has 0 bridgehead atoms. The molecular weight excluding hydrogens is 314 g/mol. The number of para-hydroxylation sites is 2. The highest BCUT2D eigenvalue weighted by atomic mass is 16.5. The van der Waals surface area contributed by atoms with Crippen molar-refractivity contribution in [3.8, 4) is 5.75 Å². The van der Waals surface area contributed by atoms with Gasteiger partial charge in [0.1, 0.15) is 11.3 Å². The molecule has 0 spiro atoms. The monoisotopic (exact) mass is 337 g/mol. The Bertz CT molecular complexity index is 833. The van der Waals surface area contributed by atoms with E-state index in [1.54, 1.807) is 7.11 Å². The summed E-state index contributed by atoms with van der Waals surface area (Å²) in [6, 6.07) is 15.0. The summed E-state index contributed by atoms with van der Waals surface area (Å²) in [7, 11) is 1.74. The van der Waals surface area contributed by atoms with Crippen LogP contribution in [0.4, 0.5) is 6.01 Å². The standard InChI is InChI=1S/C20H23N3O2/c1-15-7-8-18(24-2)16(13-15)14-22-9-11-23(12-10-22)20-21-17-5-3-4-6-19(17)25-20/h3-8,13H,9-12,14H2,1-2H3. The summed E-state index contributed by atoms with van der Waals surface area (Å²) in [5.74, 6) is 0.965. The van der Waals surface area contributed by atoms with Crippen LogP contribution in [0.15, 0.2) is 46.9 Å². The van der Waals surface area contributed by atoms with Gasteiger partial charge in [-0.3, -0.25) is 4.90 Å². The summed E-state index contributed by atoms with van der Waals surface area (Å²) in [5, 5.41) is 0. The lowest BCUT2D eigenvalue weighted by Crippen LogP contribution is -2.46. The molecule has 5 heteroatoms. The molecule has 1 fully saturated rings. The van der Waals surface area contributed by atoms with Gasteiger partial charge in [-0.15, -0.1) is 0 Å². The molecule has 5 nitrogen and oxygen atoms in total. The Morgan fingerprint density at radius 2 is 1.88 bits per heavy atom. The van der Waals surface area contributed by atoms with Gasteiger partial charge in [0.2, 0.25) is 0 Å². The van der Waals surface area contributed by atoms with E-state index in [0.29, 0.717) is 0 Å². The quantitative estimate of drug-likeness (QED) is 0.729. The van der Waals surface area contributed by atoms with Crippen molar-refractivity contribution >= 4 is 17.1 Å². The van der Waals surface area contributed by atoms with Gasteiger partial charge in [0, 0.05) is 38.3 Å². The largest absolute Gasteiger partial charge is 0.496 e. The number of nitrogens with zero attached hydrogens (tertiary/aromatic N) is 3. The molecule has 2 heterocycles. The van der Waals surface area contributed by atoms with E-state index in [-0.39, 0.29) is 0 Å². The van der Waals surface area contributed by atoms with Crippen molar-refractivity contribution in [3.05, 3.63) is 53.6 Å². The molecule has 0 unspecified atom stereocenters. The predicted octanol–water partition coefficient (Wildman–Crippen LogP) is 3.47. The Morgan fingerprint density at radius 1 is 1.08 bits per heavy atom. The Balaban J connectivity index is 1.42. The third-order valence-electron chi connectivity index (χ3n) is 4.76. The maximum atomic E-state index is 5.89. The highest BCUT2D eigenvalue weighted by molar-refractivity contribution is 5.74. The smallest absolute Gasteiger partial charge is 0.298 e. The molecule has 1 aliphatic rings. The first-order chi connectivity index (χ1) is 12.2. The first-order valence-electron chi connectivity index (χ1n) is 8.69. The molecule has 0 amide bonds. The molecule has 3 aromatic rings. The molecule has 0 aliphatic carbocycles. The first kappa shape index (κ1) is 16.0. The molecule has 130 valence electrons. The zero-order valence-corrected chi connectivity index (χ0v) is 14.7. The fourth-order valence-electron chi connectivity index (χ4n) is 3.36. The number of hydrogen-bond acceptors (Lipinski definition) is 5. The molecule has 1 saturated heterocycles. The Kier molecular flexibility index (Phi) is 4.32. The molecule has 0 radical (unpaired) electrons. The van der Waals surface area contributed by atoms with Crippen molar-refractivity contribution in [1.82, 2.24) is 9.88 Å². The summed E-state index contributed by atoms with van der Waals surface area (Å²) in [5.41, 5.74) is 4.28. The number of oxazole rings is 1. The number of aryl methyl sites for hydroxylation is 1. The Morgan fingerprint density at radius 3 is 2.64 bits per heavy atom. The molecule has 2 aromatic carbocycles. The number of methoxy groups -OCH3 is 1. The van der Waals surface area contributed by atoms with Gasteiger partial charge >= 0.3 is 0 Å². The van der Waals surface area contributed by atoms with Crippen LogP contribution in [0.1, 0.15) is 11.1 Å².